The summed E-state index contributed by atoms with van der Waals surface area (Å²) in [7, 11) is 0. The summed E-state index contributed by atoms with van der Waals surface area (Å²) in [6, 6.07) is 7.91. The number of hydrogen-bond donors (Lipinski definition) is 0. The van der Waals surface area contributed by atoms with Crippen molar-refractivity contribution in [3.63, 3.8) is 0 Å². The first-order valence-electron chi connectivity index (χ1n) is 5.88. The number of rotatable bonds is 4. The highest BCUT2D eigenvalue weighted by Crippen LogP contribution is 2.19. The van der Waals surface area contributed by atoms with Gasteiger partial charge in [-0.3, -0.25) is 0 Å². The van der Waals surface area contributed by atoms with Crippen LogP contribution in [0.5, 0.6) is 0 Å². The largest absolute Gasteiger partial charge is 0.220 e. The minimum Gasteiger partial charge on any atom is -0.220 e. The molecule has 4 heteroatoms. The Bertz CT molecular complexity index is 621. The van der Waals surface area contributed by atoms with Gasteiger partial charge < -0.3 is 0 Å². The molecule has 0 saturated carbocycles. The van der Waals surface area contributed by atoms with Gasteiger partial charge in [0.1, 0.15) is 6.33 Å². The molecule has 0 aliphatic heterocycles. The van der Waals surface area contributed by atoms with E-state index < -0.39 is 0 Å². The Morgan fingerprint density at radius 3 is 2.68 bits per heavy atom. The van der Waals surface area contributed by atoms with Crippen molar-refractivity contribution >= 4 is 21.6 Å². The maximum Gasteiger partial charge on any atom is 0.181 e. The summed E-state index contributed by atoms with van der Waals surface area (Å²) in [5.41, 5.74) is 1.91. The third-order valence-electron chi connectivity index (χ3n) is 2.48. The fourth-order valence-corrected chi connectivity index (χ4v) is 1.88. The maximum absolute atomic E-state index is 4.47. The Balaban J connectivity index is 2.35. The van der Waals surface area contributed by atoms with E-state index in [4.69, 9.17) is 0 Å². The van der Waals surface area contributed by atoms with Gasteiger partial charge in [-0.25, -0.2) is 9.67 Å². The molecule has 0 amide bonds. The minimum atomic E-state index is 0.701. The zero-order valence-electron chi connectivity index (χ0n) is 10.6. The Morgan fingerprint density at radius 2 is 2.05 bits per heavy atom. The normalized spacial score (nSPS) is 12.0. The van der Waals surface area contributed by atoms with E-state index in [9.17, 15) is 0 Å². The van der Waals surface area contributed by atoms with Crippen LogP contribution in [0, 0.1) is 0 Å². The molecule has 2 aromatic rings. The van der Waals surface area contributed by atoms with Crippen molar-refractivity contribution in [2.75, 3.05) is 0 Å². The van der Waals surface area contributed by atoms with E-state index in [-0.39, 0.29) is 0 Å². The summed E-state index contributed by atoms with van der Waals surface area (Å²) in [4.78, 5) is 4.33. The van der Waals surface area contributed by atoms with Gasteiger partial charge in [-0.15, -0.1) is 5.10 Å². The van der Waals surface area contributed by atoms with Gasteiger partial charge in [-0.1, -0.05) is 46.8 Å². The Morgan fingerprint density at radius 1 is 1.32 bits per heavy atom. The van der Waals surface area contributed by atoms with Crippen LogP contribution in [0.3, 0.4) is 0 Å². The lowest BCUT2D eigenvalue weighted by molar-refractivity contribution is 0.912. The summed E-state index contributed by atoms with van der Waals surface area (Å²) in [6.45, 7) is 5.67. The number of hydrogen-bond acceptors (Lipinski definition) is 2. The molecule has 1 aromatic carbocycles. The summed E-state index contributed by atoms with van der Waals surface area (Å²) in [5.74, 6) is 0.701. The van der Waals surface area contributed by atoms with Gasteiger partial charge in [0.05, 0.1) is 5.70 Å². The van der Waals surface area contributed by atoms with Crippen molar-refractivity contribution < 1.29 is 0 Å². The number of allylic oxidation sites excluding steroid dienone is 5. The predicted octanol–water partition coefficient (Wildman–Crippen LogP) is 4.31. The Labute approximate surface area is 121 Å². The van der Waals surface area contributed by atoms with Gasteiger partial charge in [0.25, 0.3) is 0 Å². The monoisotopic (exact) mass is 315 g/mol. The molecular weight excluding hydrogens is 302 g/mol. The lowest BCUT2D eigenvalue weighted by Crippen LogP contribution is -1.95. The molecule has 0 aliphatic carbocycles. The van der Waals surface area contributed by atoms with E-state index in [0.717, 1.165) is 15.7 Å². The molecule has 0 unspecified atom stereocenters. The first kappa shape index (κ1) is 13.5. The second-order valence-electron chi connectivity index (χ2n) is 3.85. The molecule has 0 fully saturated rings. The molecule has 0 radical (unpaired) electrons. The van der Waals surface area contributed by atoms with Crippen molar-refractivity contribution in [3.05, 3.63) is 65.9 Å². The summed E-state index contributed by atoms with van der Waals surface area (Å²) >= 11 is 3.41. The summed E-state index contributed by atoms with van der Waals surface area (Å²) in [5, 5.41) is 4.47. The van der Waals surface area contributed by atoms with Crippen molar-refractivity contribution in [1.29, 1.82) is 0 Å². The van der Waals surface area contributed by atoms with Crippen molar-refractivity contribution in [2.24, 2.45) is 0 Å². The molecule has 19 heavy (non-hydrogen) atoms. The SMILES string of the molecule is C=C/C=C(\C=C/C)n1cnc(-c2ccc(Br)cc2)n1. The van der Waals surface area contributed by atoms with Crippen molar-refractivity contribution in [2.45, 2.75) is 6.92 Å². The molecule has 96 valence electrons. The fourth-order valence-electron chi connectivity index (χ4n) is 1.62. The van der Waals surface area contributed by atoms with Crippen LogP contribution < -0.4 is 0 Å². The first-order valence-corrected chi connectivity index (χ1v) is 6.67. The average Bonchev–Trinajstić information content (AvgIpc) is 2.89. The Kier molecular flexibility index (Phi) is 4.47. The summed E-state index contributed by atoms with van der Waals surface area (Å²) in [6.07, 6.45) is 9.24. The molecule has 1 heterocycles. The van der Waals surface area contributed by atoms with Crippen LogP contribution in [-0.2, 0) is 0 Å². The van der Waals surface area contributed by atoms with E-state index in [1.807, 2.05) is 49.4 Å². The van der Waals surface area contributed by atoms with Crippen LogP contribution in [-0.4, -0.2) is 14.8 Å². The highest BCUT2D eigenvalue weighted by molar-refractivity contribution is 9.10. The third-order valence-corrected chi connectivity index (χ3v) is 3.01. The molecule has 2 rings (SSSR count). The first-order chi connectivity index (χ1) is 9.24. The number of halogens is 1. The van der Waals surface area contributed by atoms with Crippen LogP contribution in [0.4, 0.5) is 0 Å². The van der Waals surface area contributed by atoms with Crippen LogP contribution in [0.25, 0.3) is 17.1 Å². The highest BCUT2D eigenvalue weighted by atomic mass is 79.9. The van der Waals surface area contributed by atoms with Crippen LogP contribution in [0.1, 0.15) is 6.92 Å². The molecule has 0 atom stereocenters. The van der Waals surface area contributed by atoms with Gasteiger partial charge in [0.15, 0.2) is 5.82 Å². The van der Waals surface area contributed by atoms with E-state index in [2.05, 4.69) is 32.6 Å². The van der Waals surface area contributed by atoms with Gasteiger partial charge in [0.2, 0.25) is 0 Å². The zero-order chi connectivity index (χ0) is 13.7. The molecule has 1 aromatic heterocycles. The maximum atomic E-state index is 4.47. The lowest BCUT2D eigenvalue weighted by atomic mass is 10.2. The minimum absolute atomic E-state index is 0.701. The average molecular weight is 316 g/mol. The van der Waals surface area contributed by atoms with E-state index in [1.165, 1.54) is 0 Å². The van der Waals surface area contributed by atoms with Crippen molar-refractivity contribution in [1.82, 2.24) is 14.8 Å². The number of benzene rings is 1. The molecule has 0 spiro atoms. The van der Waals surface area contributed by atoms with Crippen LogP contribution in [0.2, 0.25) is 0 Å². The zero-order valence-corrected chi connectivity index (χ0v) is 12.2. The fraction of sp³-hybridized carbons (Fsp3) is 0.0667. The molecule has 3 nitrogen and oxygen atoms in total. The second kappa shape index (κ2) is 6.29. The van der Waals surface area contributed by atoms with E-state index >= 15 is 0 Å². The quantitative estimate of drug-likeness (QED) is 0.787. The van der Waals surface area contributed by atoms with E-state index in [0.29, 0.717) is 5.82 Å². The smallest absolute Gasteiger partial charge is 0.181 e. The van der Waals surface area contributed by atoms with Crippen molar-refractivity contribution in [3.8, 4) is 11.4 Å². The Hall–Kier alpha value is -1.94. The predicted molar refractivity (Wildman–Crippen MR) is 82.4 cm³/mol. The number of aromatic nitrogens is 3. The van der Waals surface area contributed by atoms with E-state index in [1.54, 1.807) is 17.1 Å². The van der Waals surface area contributed by atoms with Crippen LogP contribution in [0.15, 0.2) is 65.9 Å². The summed E-state index contributed by atoms with van der Waals surface area (Å²) < 4.78 is 2.77. The molecule has 0 N–H and O–H groups in total. The standard InChI is InChI=1S/C15H14BrN3/c1-3-5-14(6-4-2)19-11-17-15(18-19)12-7-9-13(16)10-8-12/h3-11H,1H2,2H3/b6-4-,14-5+. The van der Waals surface area contributed by atoms with Gasteiger partial charge in [-0.2, -0.15) is 0 Å². The van der Waals surface area contributed by atoms with Gasteiger partial charge in [0, 0.05) is 10.0 Å². The third kappa shape index (κ3) is 3.29. The molecule has 0 saturated heterocycles. The number of nitrogens with zero attached hydrogens (tertiary/aromatic N) is 3. The lowest BCUT2D eigenvalue weighted by Gasteiger charge is -1.99. The molecule has 0 bridgehead atoms. The van der Waals surface area contributed by atoms with Gasteiger partial charge in [-0.05, 0) is 31.2 Å². The molecule has 0 aliphatic rings. The highest BCUT2D eigenvalue weighted by Gasteiger charge is 2.05. The second-order valence-corrected chi connectivity index (χ2v) is 4.76. The molecular formula is C15H14BrN3. The van der Waals surface area contributed by atoms with Gasteiger partial charge >= 0.3 is 0 Å². The topological polar surface area (TPSA) is 30.7 Å². The van der Waals surface area contributed by atoms with Crippen LogP contribution >= 0.6 is 15.9 Å².